The Balaban J connectivity index is 2.55. The van der Waals surface area contributed by atoms with Crippen molar-refractivity contribution >= 4 is 24.2 Å². The quantitative estimate of drug-likeness (QED) is 0.584. The van der Waals surface area contributed by atoms with Crippen LogP contribution in [0, 0.1) is 6.92 Å². The van der Waals surface area contributed by atoms with Crippen molar-refractivity contribution in [2.24, 2.45) is 0 Å². The smallest absolute Gasteiger partial charge is 0.228 e. The first kappa shape index (κ1) is 7.68. The van der Waals surface area contributed by atoms with Crippen LogP contribution in [0.1, 0.15) is 11.1 Å². The minimum atomic E-state index is 0.0725. The van der Waals surface area contributed by atoms with Gasteiger partial charge in [-0.25, -0.2) is 0 Å². The molecule has 0 fully saturated rings. The largest absolute Gasteiger partial charge is 0.326 e. The SMILES string of the molecule is Cc1cc2c(cc1S)CC(=O)N2. The molecule has 1 aromatic carbocycles. The highest BCUT2D eigenvalue weighted by atomic mass is 32.1. The van der Waals surface area contributed by atoms with Crippen molar-refractivity contribution in [2.45, 2.75) is 18.2 Å². The van der Waals surface area contributed by atoms with Gasteiger partial charge in [0.2, 0.25) is 5.91 Å². The number of hydrogen-bond acceptors (Lipinski definition) is 2. The maximum Gasteiger partial charge on any atom is 0.228 e. The molecule has 62 valence electrons. The molecule has 12 heavy (non-hydrogen) atoms. The van der Waals surface area contributed by atoms with Crippen LogP contribution in [0.2, 0.25) is 0 Å². The number of nitrogens with one attached hydrogen (secondary N) is 1. The summed E-state index contributed by atoms with van der Waals surface area (Å²) in [4.78, 5) is 11.9. The second-order valence-corrected chi connectivity index (χ2v) is 3.50. The van der Waals surface area contributed by atoms with Crippen molar-refractivity contribution in [3.8, 4) is 0 Å². The monoisotopic (exact) mass is 179 g/mol. The second-order valence-electron chi connectivity index (χ2n) is 3.02. The van der Waals surface area contributed by atoms with Gasteiger partial charge in [-0.1, -0.05) is 0 Å². The van der Waals surface area contributed by atoms with Gasteiger partial charge in [-0.15, -0.1) is 12.6 Å². The molecule has 2 rings (SSSR count). The molecule has 1 aromatic rings. The average molecular weight is 179 g/mol. The van der Waals surface area contributed by atoms with Gasteiger partial charge in [0.15, 0.2) is 0 Å². The lowest BCUT2D eigenvalue weighted by Crippen LogP contribution is -2.03. The second kappa shape index (κ2) is 2.52. The van der Waals surface area contributed by atoms with Crippen molar-refractivity contribution in [3.63, 3.8) is 0 Å². The zero-order valence-corrected chi connectivity index (χ0v) is 7.61. The van der Waals surface area contributed by atoms with Gasteiger partial charge in [0, 0.05) is 10.6 Å². The standard InChI is InChI=1S/C9H9NOS/c1-5-2-7-6(3-8(5)12)4-9(11)10-7/h2-3,12H,4H2,1H3,(H,10,11). The van der Waals surface area contributed by atoms with Gasteiger partial charge in [0.05, 0.1) is 6.42 Å². The molecule has 3 heteroatoms. The topological polar surface area (TPSA) is 29.1 Å². The molecule has 1 heterocycles. The van der Waals surface area contributed by atoms with E-state index in [1.54, 1.807) is 0 Å². The van der Waals surface area contributed by atoms with Crippen LogP contribution in [-0.2, 0) is 11.2 Å². The number of rotatable bonds is 0. The molecule has 0 saturated heterocycles. The number of anilines is 1. The van der Waals surface area contributed by atoms with E-state index < -0.39 is 0 Å². The molecule has 0 aromatic heterocycles. The van der Waals surface area contributed by atoms with Gasteiger partial charge < -0.3 is 5.32 Å². The summed E-state index contributed by atoms with van der Waals surface area (Å²) in [5, 5.41) is 2.79. The Kier molecular flexibility index (Phi) is 1.61. The van der Waals surface area contributed by atoms with Crippen molar-refractivity contribution in [2.75, 3.05) is 5.32 Å². The molecule has 0 radical (unpaired) electrons. The summed E-state index contributed by atoms with van der Waals surface area (Å²) in [5.41, 5.74) is 3.09. The molecule has 0 atom stereocenters. The Morgan fingerprint density at radius 2 is 2.25 bits per heavy atom. The van der Waals surface area contributed by atoms with E-state index in [0.717, 1.165) is 21.7 Å². The minimum absolute atomic E-state index is 0.0725. The molecular formula is C9H9NOS. The number of thiol groups is 1. The lowest BCUT2D eigenvalue weighted by molar-refractivity contribution is -0.115. The van der Waals surface area contributed by atoms with Gasteiger partial charge in [-0.2, -0.15) is 0 Å². The van der Waals surface area contributed by atoms with Crippen molar-refractivity contribution in [1.82, 2.24) is 0 Å². The van der Waals surface area contributed by atoms with Gasteiger partial charge >= 0.3 is 0 Å². The predicted molar refractivity (Wildman–Crippen MR) is 50.8 cm³/mol. The summed E-state index contributed by atoms with van der Waals surface area (Å²) in [7, 11) is 0. The predicted octanol–water partition coefficient (Wildman–Crippen LogP) is 1.78. The van der Waals surface area contributed by atoms with E-state index in [9.17, 15) is 4.79 Å². The van der Waals surface area contributed by atoms with E-state index in [1.807, 2.05) is 19.1 Å². The number of benzene rings is 1. The van der Waals surface area contributed by atoms with Crippen molar-refractivity contribution in [3.05, 3.63) is 23.3 Å². The highest BCUT2D eigenvalue weighted by Gasteiger charge is 2.17. The molecule has 1 aliphatic rings. The zero-order chi connectivity index (χ0) is 8.72. The number of aryl methyl sites for hydroxylation is 1. The summed E-state index contributed by atoms with van der Waals surface area (Å²) >= 11 is 4.29. The minimum Gasteiger partial charge on any atom is -0.326 e. The lowest BCUT2D eigenvalue weighted by Gasteiger charge is -2.02. The van der Waals surface area contributed by atoms with Crippen LogP contribution in [-0.4, -0.2) is 5.91 Å². The third kappa shape index (κ3) is 1.10. The Morgan fingerprint density at radius 3 is 3.00 bits per heavy atom. The molecular weight excluding hydrogens is 170 g/mol. The third-order valence-corrected chi connectivity index (χ3v) is 2.53. The molecule has 1 amide bonds. The molecule has 1 aliphatic heterocycles. The van der Waals surface area contributed by atoms with Gasteiger partial charge in [0.1, 0.15) is 0 Å². The first-order chi connectivity index (χ1) is 5.66. The fourth-order valence-corrected chi connectivity index (χ4v) is 1.59. The zero-order valence-electron chi connectivity index (χ0n) is 6.72. The van der Waals surface area contributed by atoms with E-state index in [4.69, 9.17) is 0 Å². The van der Waals surface area contributed by atoms with Crippen LogP contribution >= 0.6 is 12.6 Å². The molecule has 2 nitrogen and oxygen atoms in total. The Hall–Kier alpha value is -0.960. The Labute approximate surface area is 76.4 Å². The fourth-order valence-electron chi connectivity index (χ4n) is 1.37. The molecule has 0 spiro atoms. The van der Waals surface area contributed by atoms with Crippen LogP contribution in [0.15, 0.2) is 17.0 Å². The van der Waals surface area contributed by atoms with E-state index in [1.165, 1.54) is 0 Å². The van der Waals surface area contributed by atoms with Crippen LogP contribution < -0.4 is 5.32 Å². The van der Waals surface area contributed by atoms with E-state index in [0.29, 0.717) is 6.42 Å². The molecule has 0 aliphatic carbocycles. The number of carbonyl (C=O) groups excluding carboxylic acids is 1. The van der Waals surface area contributed by atoms with Crippen molar-refractivity contribution in [1.29, 1.82) is 0 Å². The average Bonchev–Trinajstić information content (AvgIpc) is 2.30. The van der Waals surface area contributed by atoms with Crippen molar-refractivity contribution < 1.29 is 4.79 Å². The number of fused-ring (bicyclic) bond motifs is 1. The van der Waals surface area contributed by atoms with E-state index >= 15 is 0 Å². The number of carbonyl (C=O) groups is 1. The summed E-state index contributed by atoms with van der Waals surface area (Å²) < 4.78 is 0. The summed E-state index contributed by atoms with van der Waals surface area (Å²) in [6, 6.07) is 3.91. The summed E-state index contributed by atoms with van der Waals surface area (Å²) in [6.45, 7) is 1.98. The summed E-state index contributed by atoms with van der Waals surface area (Å²) in [6.07, 6.45) is 0.489. The maximum atomic E-state index is 11.0. The van der Waals surface area contributed by atoms with Crippen LogP contribution in [0.25, 0.3) is 0 Å². The molecule has 0 bridgehead atoms. The molecule has 0 unspecified atom stereocenters. The van der Waals surface area contributed by atoms with Gasteiger partial charge in [0.25, 0.3) is 0 Å². The Morgan fingerprint density at radius 1 is 1.50 bits per heavy atom. The summed E-state index contributed by atoms with van der Waals surface area (Å²) in [5.74, 6) is 0.0725. The van der Waals surface area contributed by atoms with Crippen LogP contribution in [0.4, 0.5) is 5.69 Å². The van der Waals surface area contributed by atoms with Gasteiger partial charge in [-0.05, 0) is 30.2 Å². The number of amides is 1. The molecule has 1 N–H and O–H groups in total. The fraction of sp³-hybridized carbons (Fsp3) is 0.222. The van der Waals surface area contributed by atoms with E-state index in [-0.39, 0.29) is 5.91 Å². The molecule has 0 saturated carbocycles. The Bertz CT molecular complexity index is 327. The van der Waals surface area contributed by atoms with E-state index in [2.05, 4.69) is 17.9 Å². The number of hydrogen-bond donors (Lipinski definition) is 2. The first-order valence-corrected chi connectivity index (χ1v) is 4.24. The highest BCUT2D eigenvalue weighted by Crippen LogP contribution is 2.27. The first-order valence-electron chi connectivity index (χ1n) is 3.79. The van der Waals surface area contributed by atoms with Gasteiger partial charge in [-0.3, -0.25) is 4.79 Å². The van der Waals surface area contributed by atoms with Crippen LogP contribution in [0.5, 0.6) is 0 Å². The van der Waals surface area contributed by atoms with Crippen LogP contribution in [0.3, 0.4) is 0 Å². The third-order valence-electron chi connectivity index (χ3n) is 2.05. The highest BCUT2D eigenvalue weighted by molar-refractivity contribution is 7.80. The maximum absolute atomic E-state index is 11.0. The lowest BCUT2D eigenvalue weighted by atomic mass is 10.1. The normalized spacial score (nSPS) is 14.3.